The van der Waals surface area contributed by atoms with Crippen molar-refractivity contribution in [1.82, 2.24) is 4.98 Å². The van der Waals surface area contributed by atoms with E-state index < -0.39 is 17.9 Å². The Balaban J connectivity index is 1.68. The number of aliphatic carboxylic acids is 1. The smallest absolute Gasteiger partial charge is 0.345 e. The van der Waals surface area contributed by atoms with E-state index in [1.165, 1.54) is 22.7 Å². The van der Waals surface area contributed by atoms with E-state index in [2.05, 4.69) is 4.98 Å². The van der Waals surface area contributed by atoms with Crippen LogP contribution in [0.25, 0.3) is 22.2 Å². The first-order chi connectivity index (χ1) is 12.5. The number of rotatable bonds is 4. The molecular weight excluding hydrogens is 370 g/mol. The standard InChI is InChI=1S/C19H15NO4S2/c21-18(22)11-4-2-6-14-17(11)20-16(26-14)8-7-10-3-1-5-13-12(10)9-15(25-13)19(23)24/h1,3,5,7-9,11H,2,4,6H2,(H,21,22)(H,23,24)/b8-7+. The molecule has 0 saturated carbocycles. The van der Waals surface area contributed by atoms with Gasteiger partial charge in [-0.05, 0) is 43.0 Å². The number of aryl methyl sites for hydroxylation is 1. The Hall–Kier alpha value is -2.51. The van der Waals surface area contributed by atoms with Crippen LogP contribution in [0.5, 0.6) is 0 Å². The molecule has 1 unspecified atom stereocenters. The molecule has 7 heteroatoms. The van der Waals surface area contributed by atoms with E-state index in [1.807, 2.05) is 30.4 Å². The number of hydrogen-bond donors (Lipinski definition) is 2. The van der Waals surface area contributed by atoms with Crippen LogP contribution in [0.2, 0.25) is 0 Å². The van der Waals surface area contributed by atoms with Gasteiger partial charge in [-0.1, -0.05) is 18.2 Å². The average Bonchev–Trinajstić information content (AvgIpc) is 3.23. The van der Waals surface area contributed by atoms with Crippen molar-refractivity contribution in [1.29, 1.82) is 0 Å². The first-order valence-electron chi connectivity index (χ1n) is 8.19. The lowest BCUT2D eigenvalue weighted by Gasteiger charge is -2.16. The second-order valence-electron chi connectivity index (χ2n) is 6.15. The molecule has 1 atom stereocenters. The first-order valence-corrected chi connectivity index (χ1v) is 9.82. The van der Waals surface area contributed by atoms with Gasteiger partial charge < -0.3 is 10.2 Å². The Kier molecular flexibility index (Phi) is 4.34. The summed E-state index contributed by atoms with van der Waals surface area (Å²) >= 11 is 2.79. The largest absolute Gasteiger partial charge is 0.481 e. The topological polar surface area (TPSA) is 87.5 Å². The summed E-state index contributed by atoms with van der Waals surface area (Å²) in [4.78, 5) is 28.5. The summed E-state index contributed by atoms with van der Waals surface area (Å²) in [5, 5.41) is 20.2. The van der Waals surface area contributed by atoms with Gasteiger partial charge in [-0.15, -0.1) is 22.7 Å². The van der Waals surface area contributed by atoms with Gasteiger partial charge in [0, 0.05) is 15.0 Å². The van der Waals surface area contributed by atoms with Gasteiger partial charge >= 0.3 is 11.9 Å². The third kappa shape index (κ3) is 3.04. The fourth-order valence-corrected chi connectivity index (χ4v) is 5.25. The monoisotopic (exact) mass is 385 g/mol. The summed E-state index contributed by atoms with van der Waals surface area (Å²) in [5.74, 6) is -2.24. The van der Waals surface area contributed by atoms with Crippen LogP contribution in [-0.2, 0) is 11.2 Å². The highest BCUT2D eigenvalue weighted by Gasteiger charge is 2.29. The maximum absolute atomic E-state index is 11.4. The highest BCUT2D eigenvalue weighted by atomic mass is 32.1. The maximum atomic E-state index is 11.4. The Labute approximate surface area is 157 Å². The zero-order chi connectivity index (χ0) is 18.3. The van der Waals surface area contributed by atoms with Gasteiger partial charge in [-0.25, -0.2) is 9.78 Å². The van der Waals surface area contributed by atoms with Crippen LogP contribution in [-0.4, -0.2) is 27.1 Å². The van der Waals surface area contributed by atoms with E-state index in [0.29, 0.717) is 17.0 Å². The van der Waals surface area contributed by atoms with E-state index in [9.17, 15) is 19.8 Å². The number of carbonyl (C=O) groups is 2. The van der Waals surface area contributed by atoms with Crippen molar-refractivity contribution in [2.45, 2.75) is 25.2 Å². The van der Waals surface area contributed by atoms with Crippen LogP contribution in [0.1, 0.15) is 49.6 Å². The molecular formula is C19H15NO4S2. The number of aromatic carboxylic acids is 1. The molecule has 2 N–H and O–H groups in total. The third-order valence-corrected chi connectivity index (χ3v) is 6.66. The van der Waals surface area contributed by atoms with E-state index in [1.54, 1.807) is 6.07 Å². The van der Waals surface area contributed by atoms with Gasteiger partial charge in [0.15, 0.2) is 0 Å². The number of hydrogen-bond acceptors (Lipinski definition) is 5. The van der Waals surface area contributed by atoms with Gasteiger partial charge in [-0.3, -0.25) is 4.79 Å². The summed E-state index contributed by atoms with van der Waals surface area (Å²) in [5.41, 5.74) is 1.63. The molecule has 0 saturated heterocycles. The molecule has 1 aliphatic rings. The van der Waals surface area contributed by atoms with Gasteiger partial charge in [0.05, 0.1) is 11.6 Å². The summed E-state index contributed by atoms with van der Waals surface area (Å²) in [6.45, 7) is 0. The molecule has 0 bridgehead atoms. The number of aromatic nitrogens is 1. The number of thiophene rings is 1. The zero-order valence-electron chi connectivity index (χ0n) is 13.6. The minimum Gasteiger partial charge on any atom is -0.481 e. The Morgan fingerprint density at radius 3 is 2.81 bits per heavy atom. The molecule has 132 valence electrons. The number of nitrogens with zero attached hydrogens (tertiary/aromatic N) is 1. The SMILES string of the molecule is O=C(O)c1cc2c(/C=C/c3nc4c(s3)CCCC4C(=O)O)cccc2s1. The van der Waals surface area contributed by atoms with Crippen molar-refractivity contribution >= 4 is 56.9 Å². The van der Waals surface area contributed by atoms with Crippen LogP contribution in [0.15, 0.2) is 24.3 Å². The van der Waals surface area contributed by atoms with E-state index in [0.717, 1.165) is 38.4 Å². The number of carboxylic acid groups (broad SMARTS) is 2. The predicted molar refractivity (Wildman–Crippen MR) is 103 cm³/mol. The van der Waals surface area contributed by atoms with Crippen LogP contribution in [0.3, 0.4) is 0 Å². The number of thiazole rings is 1. The highest BCUT2D eigenvalue weighted by Crippen LogP contribution is 2.36. The Morgan fingerprint density at radius 1 is 1.19 bits per heavy atom. The molecule has 0 spiro atoms. The zero-order valence-corrected chi connectivity index (χ0v) is 15.3. The fraction of sp³-hybridized carbons (Fsp3) is 0.211. The van der Waals surface area contributed by atoms with Crippen LogP contribution in [0, 0.1) is 0 Å². The normalized spacial score (nSPS) is 16.8. The van der Waals surface area contributed by atoms with E-state index in [-0.39, 0.29) is 0 Å². The highest BCUT2D eigenvalue weighted by molar-refractivity contribution is 7.20. The van der Waals surface area contributed by atoms with Crippen LogP contribution >= 0.6 is 22.7 Å². The van der Waals surface area contributed by atoms with Gasteiger partial charge in [0.2, 0.25) is 0 Å². The van der Waals surface area contributed by atoms with Gasteiger partial charge in [0.1, 0.15) is 9.88 Å². The number of fused-ring (bicyclic) bond motifs is 2. The molecule has 0 amide bonds. The summed E-state index contributed by atoms with van der Waals surface area (Å²) in [6.07, 6.45) is 6.20. The molecule has 0 aliphatic heterocycles. The van der Waals surface area contributed by atoms with Gasteiger partial charge in [-0.2, -0.15) is 0 Å². The third-order valence-electron chi connectivity index (χ3n) is 4.48. The molecule has 1 aromatic carbocycles. The second kappa shape index (κ2) is 6.66. The number of carboxylic acids is 2. The quantitative estimate of drug-likeness (QED) is 0.678. The van der Waals surface area contributed by atoms with Crippen LogP contribution in [0.4, 0.5) is 0 Å². The van der Waals surface area contributed by atoms with Crippen molar-refractivity contribution in [3.63, 3.8) is 0 Å². The maximum Gasteiger partial charge on any atom is 0.345 e. The molecule has 5 nitrogen and oxygen atoms in total. The van der Waals surface area contributed by atoms with Crippen molar-refractivity contribution in [2.75, 3.05) is 0 Å². The van der Waals surface area contributed by atoms with Crippen molar-refractivity contribution in [3.05, 3.63) is 50.3 Å². The van der Waals surface area contributed by atoms with Crippen molar-refractivity contribution in [2.24, 2.45) is 0 Å². The number of benzene rings is 1. The lowest BCUT2D eigenvalue weighted by atomic mass is 9.91. The molecule has 26 heavy (non-hydrogen) atoms. The molecule has 0 radical (unpaired) electrons. The average molecular weight is 385 g/mol. The summed E-state index contributed by atoms with van der Waals surface area (Å²) in [7, 11) is 0. The van der Waals surface area contributed by atoms with E-state index >= 15 is 0 Å². The van der Waals surface area contributed by atoms with E-state index in [4.69, 9.17) is 0 Å². The molecule has 2 heterocycles. The minimum atomic E-state index is -0.923. The second-order valence-corrected chi connectivity index (χ2v) is 8.35. The molecule has 0 fully saturated rings. The predicted octanol–water partition coefficient (Wildman–Crippen LogP) is 4.73. The fourth-order valence-electron chi connectivity index (χ4n) is 3.24. The molecule has 4 rings (SSSR count). The lowest BCUT2D eigenvalue weighted by molar-refractivity contribution is -0.139. The Bertz CT molecular complexity index is 1050. The summed E-state index contributed by atoms with van der Waals surface area (Å²) < 4.78 is 0.925. The Morgan fingerprint density at radius 2 is 2.04 bits per heavy atom. The minimum absolute atomic E-state index is 0.315. The molecule has 3 aromatic rings. The van der Waals surface area contributed by atoms with Crippen molar-refractivity contribution in [3.8, 4) is 0 Å². The van der Waals surface area contributed by atoms with Crippen molar-refractivity contribution < 1.29 is 19.8 Å². The molecule has 2 aromatic heterocycles. The van der Waals surface area contributed by atoms with Crippen LogP contribution < -0.4 is 0 Å². The molecule has 1 aliphatic carbocycles. The van der Waals surface area contributed by atoms with Gasteiger partial charge in [0.25, 0.3) is 0 Å². The summed E-state index contributed by atoms with van der Waals surface area (Å²) in [6, 6.07) is 7.43. The lowest BCUT2D eigenvalue weighted by Crippen LogP contribution is -2.17. The first kappa shape index (κ1) is 16.9.